The van der Waals surface area contributed by atoms with E-state index in [1.807, 2.05) is 18.2 Å². The van der Waals surface area contributed by atoms with Gasteiger partial charge < -0.3 is 19.9 Å². The molecular formula is C15H13NO4. The van der Waals surface area contributed by atoms with Crippen molar-refractivity contribution >= 4 is 11.6 Å². The molecule has 20 heavy (non-hydrogen) atoms. The second kappa shape index (κ2) is 5.13. The summed E-state index contributed by atoms with van der Waals surface area (Å²) in [6, 6.07) is 13.7. The van der Waals surface area contributed by atoms with Crippen LogP contribution in [0.5, 0.6) is 17.2 Å². The summed E-state index contributed by atoms with van der Waals surface area (Å²) in [7, 11) is 0. The summed E-state index contributed by atoms with van der Waals surface area (Å²) < 4.78 is 11.0. The summed E-state index contributed by atoms with van der Waals surface area (Å²) in [6.07, 6.45) is -0.746. The number of aromatic hydroxyl groups is 1. The molecule has 2 N–H and O–H groups in total. The van der Waals surface area contributed by atoms with E-state index in [-0.39, 0.29) is 18.3 Å². The summed E-state index contributed by atoms with van der Waals surface area (Å²) in [4.78, 5) is 12.1. The second-order valence-corrected chi connectivity index (χ2v) is 4.40. The fraction of sp³-hybridized carbons (Fsp3) is 0.133. The quantitative estimate of drug-likeness (QED) is 0.878. The van der Waals surface area contributed by atoms with E-state index in [1.165, 1.54) is 12.1 Å². The van der Waals surface area contributed by atoms with Gasteiger partial charge in [0.05, 0.1) is 0 Å². The molecule has 0 aliphatic carbocycles. The van der Waals surface area contributed by atoms with Gasteiger partial charge >= 0.3 is 0 Å². The zero-order valence-corrected chi connectivity index (χ0v) is 10.6. The lowest BCUT2D eigenvalue weighted by Gasteiger charge is -2.25. The van der Waals surface area contributed by atoms with Gasteiger partial charge in [-0.05, 0) is 24.3 Å². The molecule has 0 aromatic heterocycles. The molecule has 2 aromatic rings. The summed E-state index contributed by atoms with van der Waals surface area (Å²) in [5, 5.41) is 12.2. The molecule has 0 saturated heterocycles. The Morgan fingerprint density at radius 3 is 2.75 bits per heavy atom. The van der Waals surface area contributed by atoms with Crippen LogP contribution in [-0.2, 0) is 4.79 Å². The van der Waals surface area contributed by atoms with Crippen LogP contribution in [0.1, 0.15) is 0 Å². The van der Waals surface area contributed by atoms with E-state index in [9.17, 15) is 9.90 Å². The first kappa shape index (κ1) is 12.3. The van der Waals surface area contributed by atoms with Crippen molar-refractivity contribution in [2.75, 3.05) is 11.9 Å². The smallest absolute Gasteiger partial charge is 0.269 e. The Morgan fingerprint density at radius 1 is 1.15 bits per heavy atom. The fourth-order valence-electron chi connectivity index (χ4n) is 1.93. The molecule has 2 aromatic carbocycles. The molecule has 0 bridgehead atoms. The number of ether oxygens (including phenoxy) is 2. The number of amides is 1. The van der Waals surface area contributed by atoms with E-state index < -0.39 is 6.10 Å². The minimum Gasteiger partial charge on any atom is -0.508 e. The number of phenols is 1. The maximum absolute atomic E-state index is 12.1. The van der Waals surface area contributed by atoms with E-state index in [0.717, 1.165) is 0 Å². The normalized spacial score (nSPS) is 16.5. The summed E-state index contributed by atoms with van der Waals surface area (Å²) in [5.41, 5.74) is 0.697. The molecular weight excluding hydrogens is 258 g/mol. The van der Waals surface area contributed by atoms with Crippen LogP contribution in [0.2, 0.25) is 0 Å². The number of hydrogen-bond acceptors (Lipinski definition) is 4. The van der Waals surface area contributed by atoms with Gasteiger partial charge in [0.15, 0.2) is 11.5 Å². The third kappa shape index (κ3) is 2.51. The second-order valence-electron chi connectivity index (χ2n) is 4.40. The van der Waals surface area contributed by atoms with Crippen molar-refractivity contribution in [3.8, 4) is 17.2 Å². The maximum Gasteiger partial charge on any atom is 0.269 e. The molecule has 3 rings (SSSR count). The number of carbonyl (C=O) groups is 1. The van der Waals surface area contributed by atoms with E-state index in [4.69, 9.17) is 9.47 Å². The molecule has 5 nitrogen and oxygen atoms in total. The van der Waals surface area contributed by atoms with Crippen LogP contribution in [-0.4, -0.2) is 23.7 Å². The number of para-hydroxylation sites is 1. The molecule has 0 fully saturated rings. The predicted octanol–water partition coefficient (Wildman–Crippen LogP) is 2.17. The van der Waals surface area contributed by atoms with Gasteiger partial charge in [-0.2, -0.15) is 0 Å². The first-order valence-electron chi connectivity index (χ1n) is 6.21. The largest absolute Gasteiger partial charge is 0.508 e. The van der Waals surface area contributed by atoms with Gasteiger partial charge in [-0.3, -0.25) is 4.79 Å². The third-order valence-electron chi connectivity index (χ3n) is 2.92. The lowest BCUT2D eigenvalue weighted by Crippen LogP contribution is -2.40. The molecule has 1 aliphatic heterocycles. The first-order valence-corrected chi connectivity index (χ1v) is 6.21. The van der Waals surface area contributed by atoms with E-state index in [2.05, 4.69) is 5.32 Å². The first-order chi connectivity index (χ1) is 9.72. The van der Waals surface area contributed by atoms with E-state index in [1.54, 1.807) is 18.2 Å². The molecule has 0 saturated carbocycles. The fourth-order valence-corrected chi connectivity index (χ4v) is 1.93. The van der Waals surface area contributed by atoms with Crippen molar-refractivity contribution < 1.29 is 19.4 Å². The third-order valence-corrected chi connectivity index (χ3v) is 2.92. The van der Waals surface area contributed by atoms with Gasteiger partial charge in [-0.25, -0.2) is 0 Å². The lowest BCUT2D eigenvalue weighted by atomic mass is 10.2. The minimum atomic E-state index is -0.746. The lowest BCUT2D eigenvalue weighted by molar-refractivity contribution is -0.125. The van der Waals surface area contributed by atoms with Gasteiger partial charge in [0, 0.05) is 11.8 Å². The van der Waals surface area contributed by atoms with Crippen LogP contribution in [0.25, 0.3) is 0 Å². The SMILES string of the molecule is O=C(Nc1ccccc1)C1COc2ccc(O)cc2O1. The van der Waals surface area contributed by atoms with Crippen LogP contribution in [0, 0.1) is 0 Å². The Kier molecular flexibility index (Phi) is 3.16. The summed E-state index contributed by atoms with van der Waals surface area (Å²) in [5.74, 6) is 0.665. The molecule has 1 amide bonds. The molecule has 1 unspecified atom stereocenters. The Balaban J connectivity index is 1.72. The highest BCUT2D eigenvalue weighted by Gasteiger charge is 2.27. The van der Waals surface area contributed by atoms with Crippen LogP contribution in [0.3, 0.4) is 0 Å². The number of hydrogen-bond donors (Lipinski definition) is 2. The molecule has 1 atom stereocenters. The van der Waals surface area contributed by atoms with Crippen LogP contribution >= 0.6 is 0 Å². The Bertz CT molecular complexity index is 627. The highest BCUT2D eigenvalue weighted by molar-refractivity contribution is 5.94. The van der Waals surface area contributed by atoms with Crippen molar-refractivity contribution in [3.05, 3.63) is 48.5 Å². The zero-order valence-electron chi connectivity index (χ0n) is 10.6. The Morgan fingerprint density at radius 2 is 1.95 bits per heavy atom. The van der Waals surface area contributed by atoms with Gasteiger partial charge in [-0.1, -0.05) is 18.2 Å². The molecule has 5 heteroatoms. The highest BCUT2D eigenvalue weighted by Crippen LogP contribution is 2.34. The Hall–Kier alpha value is -2.69. The monoisotopic (exact) mass is 271 g/mol. The highest BCUT2D eigenvalue weighted by atomic mass is 16.6. The van der Waals surface area contributed by atoms with Crippen molar-refractivity contribution in [2.24, 2.45) is 0 Å². The van der Waals surface area contributed by atoms with Crippen molar-refractivity contribution in [1.29, 1.82) is 0 Å². The van der Waals surface area contributed by atoms with Gasteiger partial charge in [0.25, 0.3) is 5.91 Å². The predicted molar refractivity (Wildman–Crippen MR) is 73.1 cm³/mol. The summed E-state index contributed by atoms with van der Waals surface area (Å²) >= 11 is 0. The number of rotatable bonds is 2. The number of nitrogens with one attached hydrogen (secondary N) is 1. The number of anilines is 1. The maximum atomic E-state index is 12.1. The number of benzene rings is 2. The topological polar surface area (TPSA) is 67.8 Å². The number of fused-ring (bicyclic) bond motifs is 1. The standard InChI is InChI=1S/C15H13NO4/c17-11-6-7-12-13(8-11)20-14(9-19-12)15(18)16-10-4-2-1-3-5-10/h1-8,14,17H,9H2,(H,16,18). The van der Waals surface area contributed by atoms with Gasteiger partial charge in [-0.15, -0.1) is 0 Å². The molecule has 1 heterocycles. The van der Waals surface area contributed by atoms with E-state index in [0.29, 0.717) is 17.2 Å². The van der Waals surface area contributed by atoms with Crippen LogP contribution < -0.4 is 14.8 Å². The van der Waals surface area contributed by atoms with Crippen LogP contribution in [0.4, 0.5) is 5.69 Å². The van der Waals surface area contributed by atoms with E-state index >= 15 is 0 Å². The minimum absolute atomic E-state index is 0.0662. The van der Waals surface area contributed by atoms with Crippen molar-refractivity contribution in [3.63, 3.8) is 0 Å². The zero-order chi connectivity index (χ0) is 13.9. The average molecular weight is 271 g/mol. The van der Waals surface area contributed by atoms with Gasteiger partial charge in [0.1, 0.15) is 12.4 Å². The number of phenolic OH excluding ortho intramolecular Hbond substituents is 1. The Labute approximate surface area is 115 Å². The molecule has 0 spiro atoms. The molecule has 0 radical (unpaired) electrons. The van der Waals surface area contributed by atoms with Crippen molar-refractivity contribution in [2.45, 2.75) is 6.10 Å². The molecule has 102 valence electrons. The van der Waals surface area contributed by atoms with Gasteiger partial charge in [0.2, 0.25) is 6.10 Å². The average Bonchev–Trinajstić information content (AvgIpc) is 2.47. The summed E-state index contributed by atoms with van der Waals surface area (Å²) in [6.45, 7) is 0.135. The number of carbonyl (C=O) groups excluding carboxylic acids is 1. The molecule has 1 aliphatic rings. The van der Waals surface area contributed by atoms with Crippen molar-refractivity contribution in [1.82, 2.24) is 0 Å². The van der Waals surface area contributed by atoms with Crippen LogP contribution in [0.15, 0.2) is 48.5 Å².